The summed E-state index contributed by atoms with van der Waals surface area (Å²) in [6.45, 7) is 2.30. The van der Waals surface area contributed by atoms with E-state index in [0.29, 0.717) is 12.4 Å². The van der Waals surface area contributed by atoms with Gasteiger partial charge in [0.15, 0.2) is 5.84 Å². The van der Waals surface area contributed by atoms with Gasteiger partial charge in [-0.2, -0.15) is 5.10 Å². The largest absolute Gasteiger partial charge is 0.483 e. The zero-order chi connectivity index (χ0) is 20.0. The molecule has 2 aromatic rings. The van der Waals surface area contributed by atoms with E-state index in [1.165, 1.54) is 0 Å². The number of carbonyl (C=O) groups is 1. The Morgan fingerprint density at radius 3 is 2.86 bits per heavy atom. The third kappa shape index (κ3) is 2.99. The number of ether oxygens (including phenoxy) is 1. The number of nitriles is 1. The molecular formula is C21H20BN5O2. The van der Waals surface area contributed by atoms with Crippen LogP contribution in [0.25, 0.3) is 11.1 Å². The van der Waals surface area contributed by atoms with Gasteiger partial charge in [0.05, 0.1) is 5.69 Å². The zero-order valence-electron chi connectivity index (χ0n) is 16.1. The first-order valence-electron chi connectivity index (χ1n) is 9.82. The maximum absolute atomic E-state index is 12.2. The molecule has 2 N–H and O–H groups in total. The molecular weight excluding hydrogens is 365 g/mol. The lowest BCUT2D eigenvalue weighted by Crippen LogP contribution is -2.55. The molecule has 5 rings (SSSR count). The lowest BCUT2D eigenvalue weighted by atomic mass is 9.34. The van der Waals surface area contributed by atoms with Crippen molar-refractivity contribution in [2.24, 2.45) is 5.10 Å². The molecule has 8 heteroatoms. The number of nitrogens with one attached hydrogen (secondary N) is 2. The number of hydrogen-bond acceptors (Lipinski definition) is 6. The van der Waals surface area contributed by atoms with Crippen LogP contribution in [0.3, 0.4) is 0 Å². The second-order valence-electron chi connectivity index (χ2n) is 7.71. The summed E-state index contributed by atoms with van der Waals surface area (Å²) < 4.78 is 5.98. The molecule has 2 aromatic carbocycles. The van der Waals surface area contributed by atoms with Gasteiger partial charge in [-0.1, -0.05) is 30.3 Å². The number of amides is 1. The van der Waals surface area contributed by atoms with Crippen LogP contribution in [0.5, 0.6) is 5.75 Å². The highest BCUT2D eigenvalue weighted by Crippen LogP contribution is 2.43. The zero-order valence-corrected chi connectivity index (χ0v) is 16.1. The van der Waals surface area contributed by atoms with E-state index in [-0.39, 0.29) is 24.7 Å². The van der Waals surface area contributed by atoms with Crippen molar-refractivity contribution < 1.29 is 9.53 Å². The number of nitrogens with zero attached hydrogens (tertiary/aromatic N) is 3. The van der Waals surface area contributed by atoms with E-state index in [4.69, 9.17) is 10.00 Å². The van der Waals surface area contributed by atoms with Gasteiger partial charge in [-0.3, -0.25) is 4.79 Å². The lowest BCUT2D eigenvalue weighted by Gasteiger charge is -2.39. The fourth-order valence-corrected chi connectivity index (χ4v) is 4.11. The van der Waals surface area contributed by atoms with E-state index in [9.17, 15) is 4.79 Å². The summed E-state index contributed by atoms with van der Waals surface area (Å²) in [5, 5.41) is 16.9. The molecule has 7 nitrogen and oxygen atoms in total. The second-order valence-corrected chi connectivity index (χ2v) is 7.71. The van der Waals surface area contributed by atoms with Crippen molar-refractivity contribution >= 4 is 29.8 Å². The van der Waals surface area contributed by atoms with Gasteiger partial charge < -0.3 is 15.0 Å². The molecule has 1 amide bonds. The molecule has 144 valence electrons. The van der Waals surface area contributed by atoms with E-state index in [0.717, 1.165) is 40.9 Å². The lowest BCUT2D eigenvalue weighted by molar-refractivity contribution is -0.122. The molecule has 3 aliphatic heterocycles. The smallest absolute Gasteiger partial charge is 0.271 e. The Morgan fingerprint density at radius 2 is 2.10 bits per heavy atom. The normalized spacial score (nSPS) is 20.3. The third-order valence-corrected chi connectivity index (χ3v) is 5.82. The van der Waals surface area contributed by atoms with Crippen LogP contribution >= 0.6 is 0 Å². The maximum Gasteiger partial charge on any atom is 0.271 e. The summed E-state index contributed by atoms with van der Waals surface area (Å²) >= 11 is 0. The molecule has 1 atom stereocenters. The minimum Gasteiger partial charge on any atom is -0.483 e. The number of benzene rings is 2. The monoisotopic (exact) mass is 385 g/mol. The van der Waals surface area contributed by atoms with Gasteiger partial charge in [0.2, 0.25) is 0 Å². The van der Waals surface area contributed by atoms with Crippen LogP contribution in [-0.4, -0.2) is 37.1 Å². The van der Waals surface area contributed by atoms with E-state index in [2.05, 4.69) is 33.9 Å². The number of hydrogen-bond donors (Lipinski definition) is 2. The first-order chi connectivity index (χ1) is 14.1. The highest BCUT2D eigenvalue weighted by atomic mass is 16.5. The van der Waals surface area contributed by atoms with Crippen molar-refractivity contribution in [3.8, 4) is 22.8 Å². The summed E-state index contributed by atoms with van der Waals surface area (Å²) in [6.07, 6.45) is 1.68. The quantitative estimate of drug-likeness (QED) is 0.794. The number of rotatable bonds is 3. The SMILES string of the molecule is CC1C(=O)NN=C2COc3cc(-c4ccccc4)c(NC4CB(C#N)C4)cc3N21. The van der Waals surface area contributed by atoms with Gasteiger partial charge in [-0.05, 0) is 37.3 Å². The molecule has 3 aliphatic rings. The van der Waals surface area contributed by atoms with Crippen molar-refractivity contribution in [1.29, 1.82) is 5.26 Å². The first kappa shape index (κ1) is 17.6. The number of amidine groups is 1. The van der Waals surface area contributed by atoms with Crippen LogP contribution in [-0.2, 0) is 4.79 Å². The number of hydrazone groups is 1. The van der Waals surface area contributed by atoms with Gasteiger partial charge in [-0.15, -0.1) is 0 Å². The second kappa shape index (κ2) is 6.85. The van der Waals surface area contributed by atoms with Gasteiger partial charge in [0.25, 0.3) is 12.6 Å². The van der Waals surface area contributed by atoms with E-state index in [1.807, 2.05) is 42.2 Å². The molecule has 0 bridgehead atoms. The van der Waals surface area contributed by atoms with Crippen molar-refractivity contribution in [2.45, 2.75) is 31.6 Å². The van der Waals surface area contributed by atoms with Crippen LogP contribution in [0, 0.1) is 11.2 Å². The van der Waals surface area contributed by atoms with Crippen LogP contribution in [0.4, 0.5) is 11.4 Å². The Morgan fingerprint density at radius 1 is 1.31 bits per heavy atom. The maximum atomic E-state index is 12.2. The minimum atomic E-state index is -0.368. The molecule has 0 aromatic heterocycles. The molecule has 1 unspecified atom stereocenters. The average molecular weight is 385 g/mol. The van der Waals surface area contributed by atoms with Gasteiger partial charge in [0.1, 0.15) is 18.4 Å². The van der Waals surface area contributed by atoms with Gasteiger partial charge >= 0.3 is 0 Å². The molecule has 1 saturated heterocycles. The summed E-state index contributed by atoms with van der Waals surface area (Å²) in [7, 11) is 0. The average Bonchev–Trinajstić information content (AvgIpc) is 2.72. The predicted molar refractivity (Wildman–Crippen MR) is 113 cm³/mol. The number of anilines is 2. The van der Waals surface area contributed by atoms with Gasteiger partial charge in [0, 0.05) is 23.3 Å². The Kier molecular flexibility index (Phi) is 4.16. The molecule has 0 aliphatic carbocycles. The molecule has 0 saturated carbocycles. The van der Waals surface area contributed by atoms with E-state index < -0.39 is 0 Å². The van der Waals surface area contributed by atoms with Crippen molar-refractivity contribution in [3.63, 3.8) is 0 Å². The Bertz CT molecular complexity index is 1040. The van der Waals surface area contributed by atoms with Crippen molar-refractivity contribution in [2.75, 3.05) is 16.8 Å². The molecule has 1 fully saturated rings. The van der Waals surface area contributed by atoms with Gasteiger partial charge in [-0.25, -0.2) is 10.7 Å². The topological polar surface area (TPSA) is 89.7 Å². The Hall–Kier alpha value is -3.47. The molecule has 0 radical (unpaired) electrons. The highest BCUT2D eigenvalue weighted by Gasteiger charge is 2.37. The molecule has 29 heavy (non-hydrogen) atoms. The van der Waals surface area contributed by atoms with Crippen LogP contribution in [0.2, 0.25) is 12.6 Å². The summed E-state index contributed by atoms with van der Waals surface area (Å²) in [5.74, 6) is 3.62. The first-order valence-corrected chi connectivity index (χ1v) is 9.82. The van der Waals surface area contributed by atoms with Crippen LogP contribution < -0.4 is 20.4 Å². The van der Waals surface area contributed by atoms with Crippen molar-refractivity contribution in [3.05, 3.63) is 42.5 Å². The molecule has 0 spiro atoms. The van der Waals surface area contributed by atoms with Crippen molar-refractivity contribution in [1.82, 2.24) is 5.43 Å². The third-order valence-electron chi connectivity index (χ3n) is 5.82. The minimum absolute atomic E-state index is 0.123. The Labute approximate surface area is 169 Å². The fraction of sp³-hybridized carbons (Fsp3) is 0.286. The molecule has 3 heterocycles. The summed E-state index contributed by atoms with van der Waals surface area (Å²) in [5.41, 5.74) is 6.48. The predicted octanol–water partition coefficient (Wildman–Crippen LogP) is 2.74. The van der Waals surface area contributed by atoms with E-state index >= 15 is 0 Å². The summed E-state index contributed by atoms with van der Waals surface area (Å²) in [4.78, 5) is 14.1. The standard InChI is InChI=1S/C21H20BN5O2/c1-13-21(28)26-25-20-11-29-19-7-16(14-5-3-2-4-6-14)17(8-18(19)27(13)20)24-15-9-22(10-15)12-23/h2-8,13,15,24H,9-11H2,1H3,(H,26,28). The number of fused-ring (bicyclic) bond motifs is 3. The number of carbonyl (C=O) groups excluding carboxylic acids is 1. The van der Waals surface area contributed by atoms with Crippen LogP contribution in [0.1, 0.15) is 6.92 Å². The highest BCUT2D eigenvalue weighted by molar-refractivity contribution is 6.70. The fourth-order valence-electron chi connectivity index (χ4n) is 4.11. The Balaban J connectivity index is 1.58. The summed E-state index contributed by atoms with van der Waals surface area (Å²) in [6, 6.07) is 14.1. The van der Waals surface area contributed by atoms with E-state index in [1.54, 1.807) is 0 Å². The van der Waals surface area contributed by atoms with Crippen LogP contribution in [0.15, 0.2) is 47.6 Å².